The summed E-state index contributed by atoms with van der Waals surface area (Å²) in [5.74, 6) is 0.497. The van der Waals surface area contributed by atoms with Crippen LogP contribution < -0.4 is 10.1 Å². The van der Waals surface area contributed by atoms with E-state index in [9.17, 15) is 10.1 Å². The van der Waals surface area contributed by atoms with Crippen LogP contribution >= 0.6 is 23.1 Å². The summed E-state index contributed by atoms with van der Waals surface area (Å²) < 4.78 is 7.12. The Labute approximate surface area is 146 Å². The minimum Gasteiger partial charge on any atom is -0.481 e. The summed E-state index contributed by atoms with van der Waals surface area (Å²) in [5, 5.41) is 14.2. The summed E-state index contributed by atoms with van der Waals surface area (Å²) in [6.45, 7) is 0.385. The van der Waals surface area contributed by atoms with Crippen LogP contribution in [0.4, 0.5) is 11.5 Å². The minimum absolute atomic E-state index is 0.0916. The summed E-state index contributed by atoms with van der Waals surface area (Å²) in [6.07, 6.45) is 1.99. The molecule has 3 aromatic rings. The maximum Gasteiger partial charge on any atom is 0.311 e. The standard InChI is InChI=1S/C15H14N4O3S2/c1-22-12-7-6-10(19(20)21)14(17-12)16-8-9-4-3-5-11-13(9)18-15(23-2)24-11/h3-7H,8H2,1-2H3,(H,16,17). The Balaban J connectivity index is 1.91. The van der Waals surface area contributed by atoms with E-state index in [1.165, 1.54) is 19.2 Å². The molecular weight excluding hydrogens is 348 g/mol. The molecule has 2 heterocycles. The maximum absolute atomic E-state index is 11.2. The Bertz CT molecular complexity index is 898. The molecule has 0 bridgehead atoms. The van der Waals surface area contributed by atoms with Crippen molar-refractivity contribution in [1.29, 1.82) is 0 Å². The van der Waals surface area contributed by atoms with Crippen molar-refractivity contribution in [2.24, 2.45) is 0 Å². The highest BCUT2D eigenvalue weighted by molar-refractivity contribution is 8.00. The molecule has 124 valence electrons. The molecule has 3 rings (SSSR count). The molecule has 7 nitrogen and oxygen atoms in total. The van der Waals surface area contributed by atoms with Gasteiger partial charge in [-0.25, -0.2) is 4.98 Å². The van der Waals surface area contributed by atoms with Gasteiger partial charge in [-0.15, -0.1) is 11.3 Å². The van der Waals surface area contributed by atoms with Crippen LogP contribution in [0, 0.1) is 10.1 Å². The van der Waals surface area contributed by atoms with Gasteiger partial charge >= 0.3 is 5.69 Å². The highest BCUT2D eigenvalue weighted by Crippen LogP contribution is 2.31. The van der Waals surface area contributed by atoms with E-state index in [0.29, 0.717) is 12.4 Å². The quantitative estimate of drug-likeness (QED) is 0.403. The molecule has 0 aliphatic carbocycles. The number of hydrogen-bond acceptors (Lipinski definition) is 8. The molecule has 9 heteroatoms. The third kappa shape index (κ3) is 3.26. The van der Waals surface area contributed by atoms with Crippen molar-refractivity contribution in [3.63, 3.8) is 0 Å². The molecule has 0 saturated heterocycles. The number of pyridine rings is 1. The van der Waals surface area contributed by atoms with Gasteiger partial charge in [-0.3, -0.25) is 10.1 Å². The fraction of sp³-hybridized carbons (Fsp3) is 0.200. The minimum atomic E-state index is -0.468. The third-order valence-electron chi connectivity index (χ3n) is 3.36. The van der Waals surface area contributed by atoms with Crippen LogP contribution in [0.1, 0.15) is 5.56 Å². The number of nitrogens with zero attached hydrogens (tertiary/aromatic N) is 3. The van der Waals surface area contributed by atoms with Crippen LogP contribution in [0.15, 0.2) is 34.7 Å². The van der Waals surface area contributed by atoms with Gasteiger partial charge in [-0.05, 0) is 17.9 Å². The molecule has 0 aliphatic rings. The number of aromatic nitrogens is 2. The average molecular weight is 362 g/mol. The lowest BCUT2D eigenvalue weighted by Crippen LogP contribution is -2.06. The summed E-state index contributed by atoms with van der Waals surface area (Å²) in [7, 11) is 1.47. The van der Waals surface area contributed by atoms with Crippen molar-refractivity contribution in [3.05, 3.63) is 46.0 Å². The Hall–Kier alpha value is -2.39. The van der Waals surface area contributed by atoms with Crippen LogP contribution in [-0.2, 0) is 6.54 Å². The molecule has 2 aromatic heterocycles. The normalized spacial score (nSPS) is 10.8. The van der Waals surface area contributed by atoms with Gasteiger partial charge in [-0.2, -0.15) is 4.98 Å². The topological polar surface area (TPSA) is 90.2 Å². The summed E-state index contributed by atoms with van der Waals surface area (Å²) in [5.41, 5.74) is 1.78. The monoisotopic (exact) mass is 362 g/mol. The van der Waals surface area contributed by atoms with E-state index in [-0.39, 0.29) is 11.5 Å². The molecule has 0 unspecified atom stereocenters. The van der Waals surface area contributed by atoms with Gasteiger partial charge < -0.3 is 10.1 Å². The lowest BCUT2D eigenvalue weighted by atomic mass is 10.2. The Kier molecular flexibility index (Phi) is 4.81. The molecule has 0 amide bonds. The molecule has 1 aromatic carbocycles. The van der Waals surface area contributed by atoms with E-state index in [1.807, 2.05) is 24.5 Å². The SMILES string of the molecule is COc1ccc([N+](=O)[O-])c(NCc2cccc3sc(SC)nc23)n1. The van der Waals surface area contributed by atoms with Gasteiger partial charge in [0, 0.05) is 18.7 Å². The molecular formula is C15H14N4O3S2. The van der Waals surface area contributed by atoms with Crippen LogP contribution in [0.3, 0.4) is 0 Å². The summed E-state index contributed by atoms with van der Waals surface area (Å²) in [6, 6.07) is 8.77. The predicted octanol–water partition coefficient (Wildman–Crippen LogP) is 3.94. The van der Waals surface area contributed by atoms with E-state index >= 15 is 0 Å². The second kappa shape index (κ2) is 7.02. The zero-order valence-corrected chi connectivity index (χ0v) is 14.6. The van der Waals surface area contributed by atoms with Crippen LogP contribution in [-0.4, -0.2) is 28.3 Å². The average Bonchev–Trinajstić information content (AvgIpc) is 3.03. The Morgan fingerprint density at radius 3 is 2.88 bits per heavy atom. The lowest BCUT2D eigenvalue weighted by molar-refractivity contribution is -0.384. The fourth-order valence-electron chi connectivity index (χ4n) is 2.22. The Morgan fingerprint density at radius 1 is 1.33 bits per heavy atom. The van der Waals surface area contributed by atoms with Crippen molar-refractivity contribution in [3.8, 4) is 5.88 Å². The molecule has 0 fully saturated rings. The van der Waals surface area contributed by atoms with E-state index in [2.05, 4.69) is 15.3 Å². The second-order valence-electron chi connectivity index (χ2n) is 4.78. The first-order valence-electron chi connectivity index (χ1n) is 6.98. The number of rotatable bonds is 6. The number of thioether (sulfide) groups is 1. The molecule has 0 atom stereocenters. The fourth-order valence-corrected chi connectivity index (χ4v) is 3.75. The molecule has 1 N–H and O–H groups in total. The Morgan fingerprint density at radius 2 is 2.17 bits per heavy atom. The first-order chi connectivity index (χ1) is 11.6. The smallest absolute Gasteiger partial charge is 0.311 e. The first kappa shape index (κ1) is 16.5. The lowest BCUT2D eigenvalue weighted by Gasteiger charge is -2.08. The maximum atomic E-state index is 11.2. The summed E-state index contributed by atoms with van der Waals surface area (Å²) >= 11 is 3.23. The largest absolute Gasteiger partial charge is 0.481 e. The van der Waals surface area contributed by atoms with Crippen LogP contribution in [0.5, 0.6) is 5.88 Å². The molecule has 24 heavy (non-hydrogen) atoms. The number of ether oxygens (including phenoxy) is 1. The molecule has 0 saturated carbocycles. The van der Waals surface area contributed by atoms with Gasteiger partial charge in [0.05, 0.1) is 22.2 Å². The first-order valence-corrected chi connectivity index (χ1v) is 9.02. The van der Waals surface area contributed by atoms with Gasteiger partial charge in [-0.1, -0.05) is 23.9 Å². The number of nitrogens with one attached hydrogen (secondary N) is 1. The van der Waals surface area contributed by atoms with Crippen molar-refractivity contribution in [2.75, 3.05) is 18.7 Å². The van der Waals surface area contributed by atoms with Gasteiger partial charge in [0.1, 0.15) is 0 Å². The third-order valence-corrected chi connectivity index (χ3v) is 5.36. The number of hydrogen-bond donors (Lipinski definition) is 1. The van der Waals surface area contributed by atoms with E-state index in [0.717, 1.165) is 20.1 Å². The predicted molar refractivity (Wildman–Crippen MR) is 96.2 cm³/mol. The molecule has 0 spiro atoms. The number of para-hydroxylation sites is 1. The van der Waals surface area contributed by atoms with E-state index in [4.69, 9.17) is 4.74 Å². The van der Waals surface area contributed by atoms with Crippen molar-refractivity contribution in [1.82, 2.24) is 9.97 Å². The van der Waals surface area contributed by atoms with Crippen molar-refractivity contribution < 1.29 is 9.66 Å². The van der Waals surface area contributed by atoms with Gasteiger partial charge in [0.2, 0.25) is 11.7 Å². The van der Waals surface area contributed by atoms with Crippen LogP contribution in [0.2, 0.25) is 0 Å². The zero-order valence-electron chi connectivity index (χ0n) is 13.0. The number of nitro groups is 1. The molecule has 0 aliphatic heterocycles. The van der Waals surface area contributed by atoms with E-state index < -0.39 is 4.92 Å². The molecule has 0 radical (unpaired) electrons. The number of methoxy groups -OCH3 is 1. The highest BCUT2D eigenvalue weighted by Gasteiger charge is 2.17. The number of fused-ring (bicyclic) bond motifs is 1. The van der Waals surface area contributed by atoms with Crippen molar-refractivity contribution in [2.45, 2.75) is 10.9 Å². The zero-order chi connectivity index (χ0) is 17.1. The van der Waals surface area contributed by atoms with Gasteiger partial charge in [0.25, 0.3) is 0 Å². The van der Waals surface area contributed by atoms with Crippen molar-refractivity contribution >= 4 is 44.8 Å². The van der Waals surface area contributed by atoms with E-state index in [1.54, 1.807) is 23.1 Å². The number of anilines is 1. The van der Waals surface area contributed by atoms with Gasteiger partial charge in [0.15, 0.2) is 4.34 Å². The van der Waals surface area contributed by atoms with Crippen LogP contribution in [0.25, 0.3) is 10.2 Å². The highest BCUT2D eigenvalue weighted by atomic mass is 32.2. The second-order valence-corrected chi connectivity index (χ2v) is 6.86. The number of benzene rings is 1. The number of thiazole rings is 1. The summed E-state index contributed by atoms with van der Waals surface area (Å²) in [4.78, 5) is 19.4.